The highest BCUT2D eigenvalue weighted by atomic mass is 32.1. The van der Waals surface area contributed by atoms with Crippen LogP contribution in [0, 0.1) is 5.92 Å². The van der Waals surface area contributed by atoms with Gasteiger partial charge in [0.2, 0.25) is 16.0 Å². The van der Waals surface area contributed by atoms with Gasteiger partial charge < -0.3 is 15.5 Å². The van der Waals surface area contributed by atoms with Gasteiger partial charge in [-0.15, -0.1) is 10.2 Å². The number of aromatic nitrogens is 2. The fraction of sp³-hybridized carbons (Fsp3) is 0.692. The fourth-order valence-corrected chi connectivity index (χ4v) is 3.74. The summed E-state index contributed by atoms with van der Waals surface area (Å²) in [5, 5.41) is 15.1. The quantitative estimate of drug-likeness (QED) is 0.858. The lowest BCUT2D eigenvalue weighted by Gasteiger charge is -2.41. The first kappa shape index (κ1) is 14.2. The predicted molar refractivity (Wildman–Crippen MR) is 79.2 cm³/mol. The molecule has 2 aliphatic heterocycles. The van der Waals surface area contributed by atoms with Crippen LogP contribution in [0.5, 0.6) is 0 Å². The van der Waals surface area contributed by atoms with Gasteiger partial charge in [0, 0.05) is 32.1 Å². The van der Waals surface area contributed by atoms with E-state index in [2.05, 4.69) is 20.8 Å². The van der Waals surface area contributed by atoms with Gasteiger partial charge in [-0.3, -0.25) is 9.59 Å². The Morgan fingerprint density at radius 1 is 1.48 bits per heavy atom. The number of rotatable bonds is 3. The summed E-state index contributed by atoms with van der Waals surface area (Å²) in [7, 11) is 0. The van der Waals surface area contributed by atoms with Gasteiger partial charge in [0.25, 0.3) is 5.91 Å². The molecule has 2 saturated heterocycles. The summed E-state index contributed by atoms with van der Waals surface area (Å²) < 4.78 is 0. The molecule has 2 aliphatic rings. The summed E-state index contributed by atoms with van der Waals surface area (Å²) in [5.74, 6) is 0.448. The third-order valence-corrected chi connectivity index (χ3v) is 4.91. The maximum absolute atomic E-state index is 12.5. The molecule has 114 valence electrons. The molecule has 0 aromatic carbocycles. The van der Waals surface area contributed by atoms with Crippen LogP contribution < -0.4 is 10.6 Å². The number of hydrogen-bond acceptors (Lipinski definition) is 6. The lowest BCUT2D eigenvalue weighted by atomic mass is 9.85. The first-order valence-electron chi connectivity index (χ1n) is 7.33. The van der Waals surface area contributed by atoms with Crippen molar-refractivity contribution in [1.29, 1.82) is 0 Å². The molecule has 0 bridgehead atoms. The molecule has 2 atom stereocenters. The van der Waals surface area contributed by atoms with Gasteiger partial charge in [-0.25, -0.2) is 0 Å². The number of carbonyl (C=O) groups is 2. The van der Waals surface area contributed by atoms with Gasteiger partial charge in [-0.05, 0) is 25.7 Å². The van der Waals surface area contributed by atoms with Crippen molar-refractivity contribution in [2.45, 2.75) is 32.2 Å². The van der Waals surface area contributed by atoms with Crippen LogP contribution in [0.4, 0.5) is 5.13 Å². The van der Waals surface area contributed by atoms with E-state index in [-0.39, 0.29) is 17.9 Å². The highest BCUT2D eigenvalue weighted by Crippen LogP contribution is 2.27. The van der Waals surface area contributed by atoms with Gasteiger partial charge in [-0.1, -0.05) is 11.3 Å². The van der Waals surface area contributed by atoms with Crippen molar-refractivity contribution in [2.24, 2.45) is 5.92 Å². The average molecular weight is 309 g/mol. The summed E-state index contributed by atoms with van der Waals surface area (Å²) in [6.45, 7) is 4.09. The molecule has 2 fully saturated rings. The van der Waals surface area contributed by atoms with Crippen LogP contribution in [-0.2, 0) is 4.79 Å². The third-order valence-electron chi connectivity index (χ3n) is 4.05. The minimum Gasteiger partial charge on any atom is -0.360 e. The number of amides is 2. The van der Waals surface area contributed by atoms with Gasteiger partial charge in [-0.2, -0.15) is 0 Å². The van der Waals surface area contributed by atoms with Crippen LogP contribution in [0.3, 0.4) is 0 Å². The number of piperidine rings is 2. The molecule has 3 rings (SSSR count). The van der Waals surface area contributed by atoms with E-state index < -0.39 is 0 Å². The minimum absolute atomic E-state index is 0.0491. The van der Waals surface area contributed by atoms with Crippen LogP contribution in [-0.4, -0.2) is 52.6 Å². The van der Waals surface area contributed by atoms with E-state index in [0.29, 0.717) is 35.6 Å². The largest absolute Gasteiger partial charge is 0.360 e. The first-order valence-corrected chi connectivity index (χ1v) is 8.15. The van der Waals surface area contributed by atoms with Crippen molar-refractivity contribution in [3.05, 3.63) is 5.01 Å². The summed E-state index contributed by atoms with van der Waals surface area (Å²) >= 11 is 1.29. The second-order valence-electron chi connectivity index (χ2n) is 5.46. The summed E-state index contributed by atoms with van der Waals surface area (Å²) in [5.41, 5.74) is 0. The number of nitrogens with one attached hydrogen (secondary N) is 2. The Labute approximate surface area is 127 Å². The zero-order valence-electron chi connectivity index (χ0n) is 12.0. The standard InChI is InChI=1S/C13H19N5O2S/c1-2-14-13-17-16-11(21-13)12(20)18-6-5-9-8(7-18)3-4-10(19)15-9/h8-9H,2-7H2,1H3,(H,14,17)(H,15,19). The smallest absolute Gasteiger partial charge is 0.284 e. The molecule has 0 saturated carbocycles. The maximum Gasteiger partial charge on any atom is 0.284 e. The second kappa shape index (κ2) is 5.97. The van der Waals surface area contributed by atoms with Crippen LogP contribution >= 0.6 is 11.3 Å². The van der Waals surface area contributed by atoms with E-state index in [1.807, 2.05) is 11.8 Å². The molecule has 0 radical (unpaired) electrons. The molecule has 2 unspecified atom stereocenters. The summed E-state index contributed by atoms with van der Waals surface area (Å²) in [6, 6.07) is 0.224. The molecule has 1 aromatic heterocycles. The van der Waals surface area contributed by atoms with Gasteiger partial charge >= 0.3 is 0 Å². The SMILES string of the molecule is CCNc1nnc(C(=O)N2CCC3NC(=O)CCC3C2)s1. The zero-order valence-corrected chi connectivity index (χ0v) is 12.8. The van der Waals surface area contributed by atoms with E-state index >= 15 is 0 Å². The van der Waals surface area contributed by atoms with Crippen LogP contribution in [0.15, 0.2) is 0 Å². The molecular formula is C13H19N5O2S. The van der Waals surface area contributed by atoms with E-state index in [1.54, 1.807) is 0 Å². The van der Waals surface area contributed by atoms with Crippen molar-refractivity contribution in [3.8, 4) is 0 Å². The molecule has 1 aromatic rings. The Bertz CT molecular complexity index is 546. The van der Waals surface area contributed by atoms with Gasteiger partial charge in [0.1, 0.15) is 0 Å². The number of hydrogen-bond donors (Lipinski definition) is 2. The lowest BCUT2D eigenvalue weighted by molar-refractivity contribution is -0.125. The monoisotopic (exact) mass is 309 g/mol. The predicted octanol–water partition coefficient (Wildman–Crippen LogP) is 0.711. The average Bonchev–Trinajstić information content (AvgIpc) is 2.95. The fourth-order valence-electron chi connectivity index (χ4n) is 2.96. The first-order chi connectivity index (χ1) is 10.2. The van der Waals surface area contributed by atoms with Crippen molar-refractivity contribution in [1.82, 2.24) is 20.4 Å². The Morgan fingerprint density at radius 3 is 3.14 bits per heavy atom. The number of anilines is 1. The second-order valence-corrected chi connectivity index (χ2v) is 6.43. The van der Waals surface area contributed by atoms with Crippen molar-refractivity contribution in [2.75, 3.05) is 25.0 Å². The molecule has 0 spiro atoms. The van der Waals surface area contributed by atoms with E-state index in [4.69, 9.17) is 0 Å². The van der Waals surface area contributed by atoms with Crippen molar-refractivity contribution < 1.29 is 9.59 Å². The number of likely N-dealkylation sites (tertiary alicyclic amines) is 1. The van der Waals surface area contributed by atoms with Gasteiger partial charge in [0.05, 0.1) is 0 Å². The Hall–Kier alpha value is -1.70. The third kappa shape index (κ3) is 2.99. The molecule has 2 N–H and O–H groups in total. The Morgan fingerprint density at radius 2 is 2.33 bits per heavy atom. The number of carbonyl (C=O) groups excluding carboxylic acids is 2. The molecule has 7 nitrogen and oxygen atoms in total. The molecule has 8 heteroatoms. The van der Waals surface area contributed by atoms with E-state index in [0.717, 1.165) is 19.4 Å². The summed E-state index contributed by atoms with van der Waals surface area (Å²) in [6.07, 6.45) is 2.24. The minimum atomic E-state index is -0.0491. The molecule has 3 heterocycles. The van der Waals surface area contributed by atoms with Crippen molar-refractivity contribution in [3.63, 3.8) is 0 Å². The summed E-state index contributed by atoms with van der Waals surface area (Å²) in [4.78, 5) is 25.7. The highest BCUT2D eigenvalue weighted by Gasteiger charge is 2.36. The normalized spacial score (nSPS) is 25.2. The highest BCUT2D eigenvalue weighted by molar-refractivity contribution is 7.17. The molecule has 2 amide bonds. The van der Waals surface area contributed by atoms with E-state index in [9.17, 15) is 9.59 Å². The maximum atomic E-state index is 12.5. The van der Waals surface area contributed by atoms with Crippen LogP contribution in [0.1, 0.15) is 36.0 Å². The van der Waals surface area contributed by atoms with Gasteiger partial charge in [0.15, 0.2) is 0 Å². The topological polar surface area (TPSA) is 87.2 Å². The van der Waals surface area contributed by atoms with E-state index in [1.165, 1.54) is 11.3 Å². The number of nitrogens with zero attached hydrogens (tertiary/aromatic N) is 3. The number of fused-ring (bicyclic) bond motifs is 1. The Balaban J connectivity index is 1.64. The van der Waals surface area contributed by atoms with Crippen molar-refractivity contribution >= 4 is 28.3 Å². The van der Waals surface area contributed by atoms with Crippen LogP contribution in [0.2, 0.25) is 0 Å². The molecule has 0 aliphatic carbocycles. The zero-order chi connectivity index (χ0) is 14.8. The van der Waals surface area contributed by atoms with Crippen LogP contribution in [0.25, 0.3) is 0 Å². The molecular weight excluding hydrogens is 290 g/mol. The Kier molecular flexibility index (Phi) is 4.05. The lowest BCUT2D eigenvalue weighted by Crippen LogP contribution is -2.55. The molecule has 21 heavy (non-hydrogen) atoms.